The van der Waals surface area contributed by atoms with Gasteiger partial charge in [-0.2, -0.15) is 0 Å². The van der Waals surface area contributed by atoms with E-state index in [2.05, 4.69) is 0 Å². The van der Waals surface area contributed by atoms with Gasteiger partial charge in [0.2, 0.25) is 0 Å². The summed E-state index contributed by atoms with van der Waals surface area (Å²) in [5, 5.41) is 0. The minimum Gasteiger partial charge on any atom is -0.327 e. The van der Waals surface area contributed by atoms with Crippen LogP contribution in [0.15, 0.2) is 29.8 Å². The summed E-state index contributed by atoms with van der Waals surface area (Å²) in [7, 11) is 0. The first-order chi connectivity index (χ1) is 6.26. The van der Waals surface area contributed by atoms with Gasteiger partial charge in [-0.25, -0.2) is 4.39 Å². The van der Waals surface area contributed by atoms with Crippen LogP contribution in [0.1, 0.15) is 18.9 Å². The Labute approximate surface area is 78.1 Å². The van der Waals surface area contributed by atoms with Crippen molar-refractivity contribution in [2.24, 2.45) is 5.73 Å². The standard InChI is InChI=1S/C11H14FN/c1-2-9(8-13)6-10-4-3-5-11(12)7-10/h3-7H,2,8,13H2,1H3/b9-6-. The average Bonchev–Trinajstić information content (AvgIpc) is 2.14. The van der Waals surface area contributed by atoms with Crippen LogP contribution >= 0.6 is 0 Å². The molecule has 0 aromatic heterocycles. The maximum absolute atomic E-state index is 12.8. The topological polar surface area (TPSA) is 26.0 Å². The van der Waals surface area contributed by atoms with Crippen molar-refractivity contribution in [2.75, 3.05) is 6.54 Å². The van der Waals surface area contributed by atoms with E-state index in [-0.39, 0.29) is 5.82 Å². The molecule has 1 rings (SSSR count). The zero-order chi connectivity index (χ0) is 9.68. The van der Waals surface area contributed by atoms with Crippen molar-refractivity contribution >= 4 is 6.08 Å². The Morgan fingerprint density at radius 2 is 2.31 bits per heavy atom. The third-order valence-electron chi connectivity index (χ3n) is 1.94. The lowest BCUT2D eigenvalue weighted by Gasteiger charge is -2.00. The van der Waals surface area contributed by atoms with Crippen LogP contribution in [0.5, 0.6) is 0 Å². The Balaban J connectivity index is 2.89. The van der Waals surface area contributed by atoms with Crippen LogP contribution in [-0.2, 0) is 0 Å². The second kappa shape index (κ2) is 4.77. The third kappa shape index (κ3) is 2.99. The van der Waals surface area contributed by atoms with Gasteiger partial charge in [-0.15, -0.1) is 0 Å². The Kier molecular flexibility index (Phi) is 3.65. The van der Waals surface area contributed by atoms with Gasteiger partial charge in [0.15, 0.2) is 0 Å². The van der Waals surface area contributed by atoms with E-state index in [9.17, 15) is 4.39 Å². The highest BCUT2D eigenvalue weighted by Gasteiger charge is 1.94. The summed E-state index contributed by atoms with van der Waals surface area (Å²) < 4.78 is 12.8. The van der Waals surface area contributed by atoms with Gasteiger partial charge >= 0.3 is 0 Å². The first-order valence-corrected chi connectivity index (χ1v) is 4.41. The quantitative estimate of drug-likeness (QED) is 0.758. The fourth-order valence-electron chi connectivity index (χ4n) is 1.14. The van der Waals surface area contributed by atoms with Crippen molar-refractivity contribution in [3.63, 3.8) is 0 Å². The SMILES string of the molecule is CC/C(=C/c1cccc(F)c1)CN. The van der Waals surface area contributed by atoms with Crippen molar-refractivity contribution < 1.29 is 4.39 Å². The fourth-order valence-corrected chi connectivity index (χ4v) is 1.14. The number of nitrogens with two attached hydrogens (primary N) is 1. The van der Waals surface area contributed by atoms with E-state index < -0.39 is 0 Å². The van der Waals surface area contributed by atoms with Gasteiger partial charge in [0.1, 0.15) is 5.82 Å². The molecule has 70 valence electrons. The lowest BCUT2D eigenvalue weighted by molar-refractivity contribution is 0.627. The molecule has 0 heterocycles. The summed E-state index contributed by atoms with van der Waals surface area (Å²) in [5.74, 6) is -0.207. The van der Waals surface area contributed by atoms with E-state index in [0.29, 0.717) is 6.54 Å². The van der Waals surface area contributed by atoms with E-state index in [0.717, 1.165) is 17.6 Å². The monoisotopic (exact) mass is 179 g/mol. The molecule has 0 amide bonds. The Morgan fingerprint density at radius 3 is 2.85 bits per heavy atom. The van der Waals surface area contributed by atoms with Crippen LogP contribution in [-0.4, -0.2) is 6.54 Å². The highest BCUT2D eigenvalue weighted by Crippen LogP contribution is 2.09. The summed E-state index contributed by atoms with van der Waals surface area (Å²) in [6, 6.07) is 6.51. The molecule has 0 saturated heterocycles. The number of halogens is 1. The Bertz CT molecular complexity index is 299. The number of hydrogen-bond acceptors (Lipinski definition) is 1. The van der Waals surface area contributed by atoms with Crippen LogP contribution in [0.3, 0.4) is 0 Å². The molecule has 13 heavy (non-hydrogen) atoms. The summed E-state index contributed by atoms with van der Waals surface area (Å²) in [4.78, 5) is 0. The van der Waals surface area contributed by atoms with Crippen molar-refractivity contribution in [1.29, 1.82) is 0 Å². The molecule has 0 bridgehead atoms. The highest BCUT2D eigenvalue weighted by molar-refractivity contribution is 5.52. The first kappa shape index (κ1) is 9.93. The number of benzene rings is 1. The molecule has 0 saturated carbocycles. The first-order valence-electron chi connectivity index (χ1n) is 4.41. The molecule has 1 aromatic carbocycles. The van der Waals surface area contributed by atoms with E-state index in [1.165, 1.54) is 12.1 Å². The molecule has 0 aliphatic rings. The number of rotatable bonds is 3. The van der Waals surface area contributed by atoms with Gasteiger partial charge in [-0.1, -0.05) is 30.7 Å². The Hall–Kier alpha value is -1.15. The Morgan fingerprint density at radius 1 is 1.54 bits per heavy atom. The lowest BCUT2D eigenvalue weighted by Crippen LogP contribution is -2.01. The summed E-state index contributed by atoms with van der Waals surface area (Å²) >= 11 is 0. The average molecular weight is 179 g/mol. The second-order valence-electron chi connectivity index (χ2n) is 2.92. The van der Waals surface area contributed by atoms with Gasteiger partial charge < -0.3 is 5.73 Å². The maximum atomic E-state index is 12.8. The van der Waals surface area contributed by atoms with Crippen LogP contribution in [0.2, 0.25) is 0 Å². The van der Waals surface area contributed by atoms with Gasteiger partial charge in [-0.3, -0.25) is 0 Å². The van der Waals surface area contributed by atoms with E-state index in [1.807, 2.05) is 19.1 Å². The zero-order valence-corrected chi connectivity index (χ0v) is 7.76. The fraction of sp³-hybridized carbons (Fsp3) is 0.273. The minimum atomic E-state index is -0.207. The minimum absolute atomic E-state index is 0.207. The number of hydrogen-bond donors (Lipinski definition) is 1. The second-order valence-corrected chi connectivity index (χ2v) is 2.92. The predicted molar refractivity (Wildman–Crippen MR) is 53.7 cm³/mol. The molecule has 0 fully saturated rings. The molecule has 0 radical (unpaired) electrons. The molecule has 0 spiro atoms. The van der Waals surface area contributed by atoms with Crippen molar-refractivity contribution in [2.45, 2.75) is 13.3 Å². The lowest BCUT2D eigenvalue weighted by atomic mass is 10.1. The molecular weight excluding hydrogens is 165 g/mol. The van der Waals surface area contributed by atoms with Crippen LogP contribution in [0, 0.1) is 5.82 Å². The smallest absolute Gasteiger partial charge is 0.123 e. The molecule has 0 atom stereocenters. The molecule has 0 unspecified atom stereocenters. The van der Waals surface area contributed by atoms with Gasteiger partial charge in [0.05, 0.1) is 0 Å². The predicted octanol–water partition coefficient (Wildman–Crippen LogP) is 2.58. The summed E-state index contributed by atoms with van der Waals surface area (Å²) in [6.45, 7) is 2.57. The van der Waals surface area contributed by atoms with Crippen LogP contribution in [0.4, 0.5) is 4.39 Å². The molecule has 1 aromatic rings. The summed E-state index contributed by atoms with van der Waals surface area (Å²) in [5.41, 5.74) is 7.51. The van der Waals surface area contributed by atoms with Gasteiger partial charge in [0.25, 0.3) is 0 Å². The molecule has 0 aliphatic heterocycles. The molecule has 2 N–H and O–H groups in total. The van der Waals surface area contributed by atoms with Crippen LogP contribution in [0.25, 0.3) is 6.08 Å². The molecule has 2 heteroatoms. The van der Waals surface area contributed by atoms with E-state index in [1.54, 1.807) is 6.07 Å². The van der Waals surface area contributed by atoms with Crippen molar-refractivity contribution in [3.05, 3.63) is 41.2 Å². The van der Waals surface area contributed by atoms with Crippen molar-refractivity contribution in [1.82, 2.24) is 0 Å². The van der Waals surface area contributed by atoms with E-state index >= 15 is 0 Å². The largest absolute Gasteiger partial charge is 0.327 e. The van der Waals surface area contributed by atoms with Gasteiger partial charge in [-0.05, 0) is 24.1 Å². The van der Waals surface area contributed by atoms with Crippen LogP contribution < -0.4 is 5.73 Å². The highest BCUT2D eigenvalue weighted by atomic mass is 19.1. The molecular formula is C11H14FN. The van der Waals surface area contributed by atoms with Gasteiger partial charge in [0, 0.05) is 6.54 Å². The van der Waals surface area contributed by atoms with Crippen molar-refractivity contribution in [3.8, 4) is 0 Å². The molecule has 0 aliphatic carbocycles. The maximum Gasteiger partial charge on any atom is 0.123 e. The van der Waals surface area contributed by atoms with E-state index in [4.69, 9.17) is 5.73 Å². The normalized spacial score (nSPS) is 11.8. The zero-order valence-electron chi connectivity index (χ0n) is 7.76. The third-order valence-corrected chi connectivity index (χ3v) is 1.94. The molecule has 1 nitrogen and oxygen atoms in total. The summed E-state index contributed by atoms with van der Waals surface area (Å²) in [6.07, 6.45) is 2.84.